The number of likely N-dealkylation sites (N-methyl/N-ethyl adjacent to an activating group) is 1. The maximum atomic E-state index is 14.1. The molecular weight excluding hydrogens is 333 g/mol. The van der Waals surface area contributed by atoms with E-state index in [9.17, 15) is 4.39 Å². The monoisotopic (exact) mass is 351 g/mol. The Bertz CT molecular complexity index is 630. The zero-order valence-corrected chi connectivity index (χ0v) is 14.0. The maximum absolute atomic E-state index is 14.1. The third-order valence-corrected chi connectivity index (χ3v) is 4.04. The van der Waals surface area contributed by atoms with E-state index in [0.717, 1.165) is 21.3 Å². The molecule has 0 saturated carbocycles. The molecule has 2 rings (SSSR count). The van der Waals surface area contributed by atoms with Crippen molar-refractivity contribution < 1.29 is 9.13 Å². The van der Waals surface area contributed by atoms with Crippen LogP contribution in [0.25, 0.3) is 0 Å². The highest BCUT2D eigenvalue weighted by Crippen LogP contribution is 2.29. The van der Waals surface area contributed by atoms with Crippen molar-refractivity contribution in [2.45, 2.75) is 19.4 Å². The van der Waals surface area contributed by atoms with Crippen LogP contribution in [0.15, 0.2) is 40.9 Å². The second-order valence-electron chi connectivity index (χ2n) is 5.03. The number of aryl methyl sites for hydroxylation is 1. The summed E-state index contributed by atoms with van der Waals surface area (Å²) in [6, 6.07) is 11.0. The molecule has 0 aliphatic rings. The smallest absolute Gasteiger partial charge is 0.128 e. The van der Waals surface area contributed by atoms with E-state index in [2.05, 4.69) is 21.2 Å². The molecule has 1 atom stereocenters. The molecule has 2 aromatic carbocycles. The molecule has 0 saturated heterocycles. The Morgan fingerprint density at radius 2 is 2.00 bits per heavy atom. The van der Waals surface area contributed by atoms with Crippen molar-refractivity contribution in [3.63, 3.8) is 0 Å². The number of methoxy groups -OCH3 is 1. The normalized spacial score (nSPS) is 12.2. The van der Waals surface area contributed by atoms with E-state index in [4.69, 9.17) is 4.74 Å². The molecule has 21 heavy (non-hydrogen) atoms. The fourth-order valence-corrected chi connectivity index (χ4v) is 2.83. The molecule has 0 spiro atoms. The minimum absolute atomic E-state index is 0.104. The maximum Gasteiger partial charge on any atom is 0.128 e. The molecular formula is C17H19BrFNO. The number of halogens is 2. The van der Waals surface area contributed by atoms with E-state index in [1.165, 1.54) is 6.07 Å². The van der Waals surface area contributed by atoms with Crippen LogP contribution in [0.5, 0.6) is 5.75 Å². The quantitative estimate of drug-likeness (QED) is 0.861. The molecule has 0 amide bonds. The van der Waals surface area contributed by atoms with E-state index in [1.807, 2.05) is 38.2 Å². The number of benzene rings is 2. The summed E-state index contributed by atoms with van der Waals surface area (Å²) >= 11 is 3.47. The largest absolute Gasteiger partial charge is 0.496 e. The van der Waals surface area contributed by atoms with Gasteiger partial charge in [0.15, 0.2) is 0 Å². The number of hydrogen-bond acceptors (Lipinski definition) is 2. The van der Waals surface area contributed by atoms with Crippen LogP contribution in [-0.2, 0) is 6.42 Å². The van der Waals surface area contributed by atoms with E-state index >= 15 is 0 Å². The molecule has 0 aromatic heterocycles. The first kappa shape index (κ1) is 16.0. The van der Waals surface area contributed by atoms with Gasteiger partial charge in [0.25, 0.3) is 0 Å². The molecule has 0 aliphatic carbocycles. The lowest BCUT2D eigenvalue weighted by molar-refractivity contribution is 0.405. The van der Waals surface area contributed by atoms with Crippen LogP contribution in [0, 0.1) is 12.7 Å². The summed E-state index contributed by atoms with van der Waals surface area (Å²) in [7, 11) is 3.49. The van der Waals surface area contributed by atoms with E-state index < -0.39 is 0 Å². The molecule has 0 radical (unpaired) electrons. The van der Waals surface area contributed by atoms with Gasteiger partial charge in [-0.1, -0.05) is 33.6 Å². The van der Waals surface area contributed by atoms with Crippen molar-refractivity contribution in [1.82, 2.24) is 5.32 Å². The van der Waals surface area contributed by atoms with Gasteiger partial charge in [0.1, 0.15) is 11.6 Å². The van der Waals surface area contributed by atoms with E-state index in [-0.39, 0.29) is 11.9 Å². The van der Waals surface area contributed by atoms with Crippen LogP contribution >= 0.6 is 15.9 Å². The zero-order valence-electron chi connectivity index (χ0n) is 12.4. The summed E-state index contributed by atoms with van der Waals surface area (Å²) in [4.78, 5) is 0. The van der Waals surface area contributed by atoms with Gasteiger partial charge in [-0.25, -0.2) is 4.39 Å². The van der Waals surface area contributed by atoms with Crippen LogP contribution in [0.2, 0.25) is 0 Å². The predicted octanol–water partition coefficient (Wildman–Crippen LogP) is 4.41. The van der Waals surface area contributed by atoms with Gasteiger partial charge < -0.3 is 10.1 Å². The van der Waals surface area contributed by atoms with Gasteiger partial charge in [-0.3, -0.25) is 0 Å². The van der Waals surface area contributed by atoms with E-state index in [1.54, 1.807) is 13.2 Å². The highest BCUT2D eigenvalue weighted by molar-refractivity contribution is 9.10. The number of rotatable bonds is 5. The summed E-state index contributed by atoms with van der Waals surface area (Å²) in [5.41, 5.74) is 2.76. The van der Waals surface area contributed by atoms with E-state index in [0.29, 0.717) is 12.0 Å². The molecule has 112 valence electrons. The van der Waals surface area contributed by atoms with Gasteiger partial charge in [0, 0.05) is 16.1 Å². The topological polar surface area (TPSA) is 21.3 Å². The molecule has 1 N–H and O–H groups in total. The van der Waals surface area contributed by atoms with Crippen molar-refractivity contribution in [3.8, 4) is 5.75 Å². The minimum atomic E-state index is -0.186. The van der Waals surface area contributed by atoms with Crippen LogP contribution in [0.1, 0.15) is 22.7 Å². The Morgan fingerprint density at radius 1 is 1.24 bits per heavy atom. The van der Waals surface area contributed by atoms with Gasteiger partial charge in [0.2, 0.25) is 0 Å². The number of hydrogen-bond donors (Lipinski definition) is 1. The first-order chi connectivity index (χ1) is 10.0. The lowest BCUT2D eigenvalue weighted by Gasteiger charge is -2.19. The first-order valence-corrected chi connectivity index (χ1v) is 7.60. The van der Waals surface area contributed by atoms with Crippen LogP contribution in [-0.4, -0.2) is 14.2 Å². The van der Waals surface area contributed by atoms with Crippen LogP contribution in [0.3, 0.4) is 0 Å². The fraction of sp³-hybridized carbons (Fsp3) is 0.294. The molecule has 0 bridgehead atoms. The van der Waals surface area contributed by atoms with Gasteiger partial charge in [-0.15, -0.1) is 0 Å². The summed E-state index contributed by atoms with van der Waals surface area (Å²) < 4.78 is 20.5. The van der Waals surface area contributed by atoms with Crippen molar-refractivity contribution in [2.24, 2.45) is 0 Å². The first-order valence-electron chi connectivity index (χ1n) is 6.81. The van der Waals surface area contributed by atoms with Crippen molar-refractivity contribution in [3.05, 3.63) is 63.4 Å². The highest BCUT2D eigenvalue weighted by atomic mass is 79.9. The second-order valence-corrected chi connectivity index (χ2v) is 5.94. The molecule has 0 aliphatic heterocycles. The van der Waals surface area contributed by atoms with Crippen molar-refractivity contribution >= 4 is 15.9 Å². The lowest BCUT2D eigenvalue weighted by atomic mass is 9.96. The molecule has 0 heterocycles. The summed E-state index contributed by atoms with van der Waals surface area (Å²) in [6.07, 6.45) is 0.652. The summed E-state index contributed by atoms with van der Waals surface area (Å²) in [5.74, 6) is 0.625. The molecule has 0 fully saturated rings. The Morgan fingerprint density at radius 3 is 2.67 bits per heavy atom. The van der Waals surface area contributed by atoms with Crippen molar-refractivity contribution in [1.29, 1.82) is 0 Å². The summed E-state index contributed by atoms with van der Waals surface area (Å²) in [5, 5.41) is 3.19. The van der Waals surface area contributed by atoms with Crippen LogP contribution < -0.4 is 10.1 Å². The standard InChI is InChI=1S/C17H19BrFNO/c1-11-4-6-15(19)14(8-11)16(20-2)10-12-9-13(18)5-7-17(12)21-3/h4-9,16,20H,10H2,1-3H3. The number of ether oxygens (including phenoxy) is 1. The van der Waals surface area contributed by atoms with Gasteiger partial charge >= 0.3 is 0 Å². The third-order valence-electron chi connectivity index (χ3n) is 3.54. The molecule has 2 nitrogen and oxygen atoms in total. The summed E-state index contributed by atoms with van der Waals surface area (Å²) in [6.45, 7) is 1.97. The van der Waals surface area contributed by atoms with Crippen LogP contribution in [0.4, 0.5) is 4.39 Å². The van der Waals surface area contributed by atoms with Gasteiger partial charge in [-0.05, 0) is 50.2 Å². The zero-order chi connectivity index (χ0) is 15.4. The second kappa shape index (κ2) is 7.05. The SMILES string of the molecule is CNC(Cc1cc(Br)ccc1OC)c1cc(C)ccc1F. The Balaban J connectivity index is 2.35. The Kier molecular flexibility index (Phi) is 5.37. The highest BCUT2D eigenvalue weighted by Gasteiger charge is 2.17. The van der Waals surface area contributed by atoms with Gasteiger partial charge in [0.05, 0.1) is 7.11 Å². The molecule has 2 aromatic rings. The molecule has 4 heteroatoms. The average molecular weight is 352 g/mol. The average Bonchev–Trinajstić information content (AvgIpc) is 2.47. The molecule has 1 unspecified atom stereocenters. The predicted molar refractivity (Wildman–Crippen MR) is 87.3 cm³/mol. The van der Waals surface area contributed by atoms with Gasteiger partial charge in [-0.2, -0.15) is 0 Å². The number of nitrogens with one attached hydrogen (secondary N) is 1. The Labute approximate surface area is 133 Å². The Hall–Kier alpha value is -1.39. The fourth-order valence-electron chi connectivity index (χ4n) is 2.42. The lowest BCUT2D eigenvalue weighted by Crippen LogP contribution is -2.20. The third kappa shape index (κ3) is 3.83. The minimum Gasteiger partial charge on any atom is -0.496 e. The van der Waals surface area contributed by atoms with Crippen molar-refractivity contribution in [2.75, 3.05) is 14.2 Å².